The van der Waals surface area contributed by atoms with Crippen molar-refractivity contribution >= 4 is 17.6 Å². The Hall–Kier alpha value is -2.08. The van der Waals surface area contributed by atoms with Gasteiger partial charge in [0.1, 0.15) is 5.75 Å². The van der Waals surface area contributed by atoms with Crippen LogP contribution in [0.4, 0.5) is 5.69 Å². The average molecular weight is 251 g/mol. The fourth-order valence-corrected chi connectivity index (χ4v) is 1.64. The van der Waals surface area contributed by atoms with E-state index in [0.29, 0.717) is 11.4 Å². The van der Waals surface area contributed by atoms with Gasteiger partial charge in [0.05, 0.1) is 5.69 Å². The van der Waals surface area contributed by atoms with Crippen LogP contribution in [-0.2, 0) is 15.2 Å². The van der Waals surface area contributed by atoms with E-state index in [-0.39, 0.29) is 11.5 Å². The van der Waals surface area contributed by atoms with Crippen molar-refractivity contribution < 1.29 is 24.5 Å². The Morgan fingerprint density at radius 2 is 2.17 bits per heavy atom. The number of ether oxygens (including phenoxy) is 1. The van der Waals surface area contributed by atoms with Crippen LogP contribution in [0.1, 0.15) is 19.4 Å². The van der Waals surface area contributed by atoms with Crippen LogP contribution in [0, 0.1) is 0 Å². The molecule has 0 spiro atoms. The molecule has 1 aliphatic heterocycles. The minimum atomic E-state index is -2.01. The Kier molecular flexibility index (Phi) is 2.74. The van der Waals surface area contributed by atoms with Crippen molar-refractivity contribution in [3.8, 4) is 5.75 Å². The highest BCUT2D eigenvalue weighted by atomic mass is 16.5. The van der Waals surface area contributed by atoms with Crippen molar-refractivity contribution in [2.45, 2.75) is 25.6 Å². The van der Waals surface area contributed by atoms with Gasteiger partial charge in [-0.25, -0.2) is 4.79 Å². The smallest absolute Gasteiger partial charge is 0.340 e. The van der Waals surface area contributed by atoms with E-state index in [1.165, 1.54) is 25.1 Å². The zero-order chi connectivity index (χ0) is 13.5. The first-order valence-electron chi connectivity index (χ1n) is 5.40. The predicted octanol–water partition coefficient (Wildman–Crippen LogP) is 0.698. The molecule has 0 aliphatic carbocycles. The largest absolute Gasteiger partial charge is 0.479 e. The van der Waals surface area contributed by atoms with Crippen LogP contribution in [-0.4, -0.2) is 28.2 Å². The summed E-state index contributed by atoms with van der Waals surface area (Å²) in [5, 5.41) is 21.3. The van der Waals surface area contributed by atoms with Gasteiger partial charge in [0.15, 0.2) is 11.7 Å². The molecule has 1 aliphatic rings. The Balaban J connectivity index is 2.42. The van der Waals surface area contributed by atoms with Gasteiger partial charge < -0.3 is 20.3 Å². The highest BCUT2D eigenvalue weighted by Crippen LogP contribution is 2.33. The Morgan fingerprint density at radius 1 is 1.50 bits per heavy atom. The molecule has 2 unspecified atom stereocenters. The van der Waals surface area contributed by atoms with Crippen molar-refractivity contribution in [1.29, 1.82) is 0 Å². The van der Waals surface area contributed by atoms with Gasteiger partial charge in [-0.05, 0) is 31.5 Å². The van der Waals surface area contributed by atoms with Crippen LogP contribution in [0.3, 0.4) is 0 Å². The molecule has 2 atom stereocenters. The van der Waals surface area contributed by atoms with Crippen LogP contribution in [0.25, 0.3) is 0 Å². The van der Waals surface area contributed by atoms with Crippen molar-refractivity contribution in [1.82, 2.24) is 0 Å². The van der Waals surface area contributed by atoms with Gasteiger partial charge in [0.25, 0.3) is 5.91 Å². The zero-order valence-corrected chi connectivity index (χ0v) is 9.93. The van der Waals surface area contributed by atoms with Crippen LogP contribution in [0.15, 0.2) is 18.2 Å². The summed E-state index contributed by atoms with van der Waals surface area (Å²) in [5.41, 5.74) is -1.48. The van der Waals surface area contributed by atoms with Gasteiger partial charge in [-0.15, -0.1) is 0 Å². The maximum Gasteiger partial charge on any atom is 0.340 e. The van der Waals surface area contributed by atoms with Crippen molar-refractivity contribution in [3.63, 3.8) is 0 Å². The molecule has 1 heterocycles. The summed E-state index contributed by atoms with van der Waals surface area (Å²) in [7, 11) is 0. The molecule has 0 bridgehead atoms. The average Bonchev–Trinajstić information content (AvgIpc) is 2.29. The number of benzene rings is 1. The zero-order valence-electron chi connectivity index (χ0n) is 9.93. The van der Waals surface area contributed by atoms with E-state index in [2.05, 4.69) is 5.32 Å². The molecule has 0 saturated carbocycles. The number of aliphatic carboxylic acids is 1. The lowest BCUT2D eigenvalue weighted by Gasteiger charge is -2.25. The number of amides is 1. The lowest BCUT2D eigenvalue weighted by atomic mass is 9.95. The normalized spacial score (nSPS) is 21.3. The fourth-order valence-electron chi connectivity index (χ4n) is 1.64. The number of carboxylic acid groups (broad SMARTS) is 1. The van der Waals surface area contributed by atoms with E-state index >= 15 is 0 Å². The summed E-state index contributed by atoms with van der Waals surface area (Å²) >= 11 is 0. The van der Waals surface area contributed by atoms with Crippen LogP contribution < -0.4 is 10.1 Å². The van der Waals surface area contributed by atoms with Gasteiger partial charge >= 0.3 is 5.97 Å². The predicted molar refractivity (Wildman–Crippen MR) is 62.4 cm³/mol. The SMILES string of the molecule is CC1Oc2ccc(C(C)(O)C(=O)O)cc2NC1=O. The second kappa shape index (κ2) is 3.99. The summed E-state index contributed by atoms with van der Waals surface area (Å²) < 4.78 is 5.33. The van der Waals surface area contributed by atoms with Crippen LogP contribution >= 0.6 is 0 Å². The van der Waals surface area contributed by atoms with E-state index in [4.69, 9.17) is 9.84 Å². The second-order valence-corrected chi connectivity index (χ2v) is 4.34. The molecule has 3 N–H and O–H groups in total. The summed E-state index contributed by atoms with van der Waals surface area (Å²) in [6.45, 7) is 2.78. The molecule has 1 aromatic rings. The minimum Gasteiger partial charge on any atom is -0.479 e. The second-order valence-electron chi connectivity index (χ2n) is 4.34. The lowest BCUT2D eigenvalue weighted by molar-refractivity contribution is -0.157. The fraction of sp³-hybridized carbons (Fsp3) is 0.333. The number of aliphatic hydroxyl groups is 1. The van der Waals surface area contributed by atoms with Gasteiger partial charge in [0.2, 0.25) is 0 Å². The quantitative estimate of drug-likeness (QED) is 0.719. The third-order valence-corrected chi connectivity index (χ3v) is 2.89. The maximum atomic E-state index is 11.4. The third-order valence-electron chi connectivity index (χ3n) is 2.89. The van der Waals surface area contributed by atoms with Crippen molar-refractivity contribution in [3.05, 3.63) is 23.8 Å². The first-order chi connectivity index (χ1) is 8.32. The monoisotopic (exact) mass is 251 g/mol. The molecule has 2 rings (SSSR count). The van der Waals surface area contributed by atoms with Crippen molar-refractivity contribution in [2.75, 3.05) is 5.32 Å². The Morgan fingerprint density at radius 3 is 2.78 bits per heavy atom. The van der Waals surface area contributed by atoms with E-state index in [1.54, 1.807) is 6.92 Å². The molecule has 0 saturated heterocycles. The van der Waals surface area contributed by atoms with Crippen molar-refractivity contribution in [2.24, 2.45) is 0 Å². The summed E-state index contributed by atoms with van der Waals surface area (Å²) in [6.07, 6.45) is -0.594. The van der Waals surface area contributed by atoms with Crippen LogP contribution in [0.2, 0.25) is 0 Å². The molecule has 0 aromatic heterocycles. The molecule has 18 heavy (non-hydrogen) atoms. The van der Waals surface area contributed by atoms with E-state index in [0.717, 1.165) is 0 Å². The lowest BCUT2D eigenvalue weighted by Crippen LogP contribution is -2.35. The standard InChI is InChI=1S/C12H13NO5/c1-6-10(14)13-8-5-7(3-4-9(8)18-6)12(2,17)11(15)16/h3-6,17H,1-2H3,(H,13,14)(H,15,16). The highest BCUT2D eigenvalue weighted by molar-refractivity contribution is 5.97. The first kappa shape index (κ1) is 12.4. The number of fused-ring (bicyclic) bond motifs is 1. The number of anilines is 1. The number of carbonyl (C=O) groups excluding carboxylic acids is 1. The van der Waals surface area contributed by atoms with E-state index in [9.17, 15) is 14.7 Å². The first-order valence-corrected chi connectivity index (χ1v) is 5.40. The molecular formula is C12H13NO5. The minimum absolute atomic E-state index is 0.173. The summed E-state index contributed by atoms with van der Waals surface area (Å²) in [4.78, 5) is 22.4. The van der Waals surface area contributed by atoms with E-state index in [1.807, 2.05) is 0 Å². The summed E-state index contributed by atoms with van der Waals surface area (Å²) in [5.74, 6) is -1.22. The molecule has 6 heteroatoms. The molecule has 6 nitrogen and oxygen atoms in total. The van der Waals surface area contributed by atoms with Gasteiger partial charge in [-0.1, -0.05) is 6.07 Å². The number of nitrogens with one attached hydrogen (secondary N) is 1. The number of rotatable bonds is 2. The van der Waals surface area contributed by atoms with Gasteiger partial charge in [0, 0.05) is 0 Å². The van der Waals surface area contributed by atoms with E-state index < -0.39 is 17.7 Å². The molecular weight excluding hydrogens is 238 g/mol. The molecule has 1 amide bonds. The van der Waals surface area contributed by atoms with Gasteiger partial charge in [-0.3, -0.25) is 4.79 Å². The molecule has 96 valence electrons. The number of hydrogen-bond donors (Lipinski definition) is 3. The Bertz CT molecular complexity index is 523. The highest BCUT2D eigenvalue weighted by Gasteiger charge is 2.34. The molecule has 0 fully saturated rings. The number of carbonyl (C=O) groups is 2. The van der Waals surface area contributed by atoms with Gasteiger partial charge in [-0.2, -0.15) is 0 Å². The molecule has 0 radical (unpaired) electrons. The number of carboxylic acids is 1. The number of hydrogen-bond acceptors (Lipinski definition) is 4. The Labute approximate surface area is 103 Å². The molecule has 1 aromatic carbocycles. The van der Waals surface area contributed by atoms with Crippen LogP contribution in [0.5, 0.6) is 5.75 Å². The third kappa shape index (κ3) is 1.91. The topological polar surface area (TPSA) is 95.9 Å². The maximum absolute atomic E-state index is 11.4. The summed E-state index contributed by atoms with van der Waals surface area (Å²) in [6, 6.07) is 4.38.